The molecule has 1 saturated heterocycles. The van der Waals surface area contributed by atoms with Gasteiger partial charge in [-0.25, -0.2) is 9.78 Å². The molecule has 0 aliphatic carbocycles. The van der Waals surface area contributed by atoms with E-state index in [1.165, 1.54) is 12.1 Å². The van der Waals surface area contributed by atoms with Crippen molar-refractivity contribution in [2.75, 3.05) is 31.1 Å². The monoisotopic (exact) mass is 414 g/mol. The van der Waals surface area contributed by atoms with Crippen LogP contribution in [0.25, 0.3) is 0 Å². The summed E-state index contributed by atoms with van der Waals surface area (Å²) in [5.41, 5.74) is -0.823. The molecule has 0 radical (unpaired) electrons. The highest BCUT2D eigenvalue weighted by atomic mass is 19.4. The van der Waals surface area contributed by atoms with E-state index in [0.717, 1.165) is 12.3 Å². The number of hydrogen-bond donors (Lipinski definition) is 2. The minimum atomic E-state index is -4.44. The number of anilines is 1. The first-order valence-electron chi connectivity index (χ1n) is 8.84. The molecule has 0 bridgehead atoms. The molecule has 2 heterocycles. The van der Waals surface area contributed by atoms with Crippen LogP contribution in [0, 0.1) is 5.92 Å². The molecule has 1 aliphatic heterocycles. The SMILES string of the molecule is C=CCNC(=O)NC(=O)COC(=O)C1CCN(c2ccc(C(F)(F)F)cn2)CC1. The van der Waals surface area contributed by atoms with Gasteiger partial charge in [-0.1, -0.05) is 6.08 Å². The Labute approximate surface area is 165 Å². The molecule has 0 spiro atoms. The molecular formula is C18H21F3N4O4. The summed E-state index contributed by atoms with van der Waals surface area (Å²) in [5, 5.41) is 4.35. The summed E-state index contributed by atoms with van der Waals surface area (Å²) in [6.45, 7) is 3.84. The summed E-state index contributed by atoms with van der Waals surface area (Å²) >= 11 is 0. The van der Waals surface area contributed by atoms with E-state index in [9.17, 15) is 27.6 Å². The average Bonchev–Trinajstić information content (AvgIpc) is 2.70. The van der Waals surface area contributed by atoms with Crippen LogP contribution in [-0.2, 0) is 20.5 Å². The number of esters is 1. The number of amides is 3. The van der Waals surface area contributed by atoms with Crippen LogP contribution in [-0.4, -0.2) is 49.1 Å². The molecule has 1 aromatic rings. The predicted octanol–water partition coefficient (Wildman–Crippen LogP) is 1.87. The lowest BCUT2D eigenvalue weighted by Gasteiger charge is -2.31. The standard InChI is InChI=1S/C18H21F3N4O4/c1-2-7-22-17(28)24-15(26)11-29-16(27)12-5-8-25(9-6-12)14-4-3-13(10-23-14)18(19,20)21/h2-4,10,12H,1,5-9,11H2,(H2,22,24,26,28). The van der Waals surface area contributed by atoms with Gasteiger partial charge in [-0.15, -0.1) is 6.58 Å². The molecule has 11 heteroatoms. The third-order valence-corrected chi connectivity index (χ3v) is 4.23. The van der Waals surface area contributed by atoms with Gasteiger partial charge < -0.3 is 15.0 Å². The highest BCUT2D eigenvalue weighted by Crippen LogP contribution is 2.30. The van der Waals surface area contributed by atoms with Crippen molar-refractivity contribution in [2.45, 2.75) is 19.0 Å². The summed E-state index contributed by atoms with van der Waals surface area (Å²) in [5.74, 6) is -1.36. The molecule has 8 nitrogen and oxygen atoms in total. The number of rotatable bonds is 6. The number of carbonyl (C=O) groups excluding carboxylic acids is 3. The summed E-state index contributed by atoms with van der Waals surface area (Å²) in [4.78, 5) is 40.6. The van der Waals surface area contributed by atoms with Crippen molar-refractivity contribution in [2.24, 2.45) is 5.92 Å². The van der Waals surface area contributed by atoms with E-state index in [4.69, 9.17) is 4.74 Å². The van der Waals surface area contributed by atoms with Gasteiger partial charge in [-0.3, -0.25) is 14.9 Å². The van der Waals surface area contributed by atoms with Gasteiger partial charge in [0.15, 0.2) is 6.61 Å². The number of hydrogen-bond acceptors (Lipinski definition) is 6. The number of halogens is 3. The van der Waals surface area contributed by atoms with Crippen LogP contribution in [0.5, 0.6) is 0 Å². The summed E-state index contributed by atoms with van der Waals surface area (Å²) < 4.78 is 42.7. The second kappa shape index (κ2) is 9.89. The molecule has 2 rings (SSSR count). The van der Waals surface area contributed by atoms with Crippen molar-refractivity contribution in [1.82, 2.24) is 15.6 Å². The summed E-state index contributed by atoms with van der Waals surface area (Å²) in [6.07, 6.45) is -1.41. The van der Waals surface area contributed by atoms with E-state index in [2.05, 4.69) is 16.9 Å². The van der Waals surface area contributed by atoms with Crippen molar-refractivity contribution >= 4 is 23.7 Å². The lowest BCUT2D eigenvalue weighted by atomic mass is 9.97. The van der Waals surface area contributed by atoms with Gasteiger partial charge in [0.2, 0.25) is 0 Å². The molecule has 0 unspecified atom stereocenters. The predicted molar refractivity (Wildman–Crippen MR) is 96.9 cm³/mol. The minimum Gasteiger partial charge on any atom is -0.455 e. The van der Waals surface area contributed by atoms with Gasteiger partial charge in [0, 0.05) is 25.8 Å². The van der Waals surface area contributed by atoms with Crippen LogP contribution >= 0.6 is 0 Å². The Morgan fingerprint density at radius 1 is 1.28 bits per heavy atom. The van der Waals surface area contributed by atoms with E-state index >= 15 is 0 Å². The number of piperidine rings is 1. The fourth-order valence-corrected chi connectivity index (χ4v) is 2.71. The zero-order valence-corrected chi connectivity index (χ0v) is 15.5. The first-order chi connectivity index (χ1) is 13.7. The number of aromatic nitrogens is 1. The van der Waals surface area contributed by atoms with Crippen LogP contribution in [0.4, 0.5) is 23.8 Å². The van der Waals surface area contributed by atoms with Gasteiger partial charge in [0.1, 0.15) is 5.82 Å². The number of urea groups is 1. The number of imide groups is 1. The van der Waals surface area contributed by atoms with Crippen molar-refractivity contribution in [1.29, 1.82) is 0 Å². The number of pyridine rings is 1. The molecule has 2 N–H and O–H groups in total. The van der Waals surface area contributed by atoms with Gasteiger partial charge >= 0.3 is 18.2 Å². The van der Waals surface area contributed by atoms with Crippen LogP contribution in [0.15, 0.2) is 31.0 Å². The van der Waals surface area contributed by atoms with Crippen LogP contribution in [0.2, 0.25) is 0 Å². The maximum Gasteiger partial charge on any atom is 0.417 e. The smallest absolute Gasteiger partial charge is 0.417 e. The van der Waals surface area contributed by atoms with Gasteiger partial charge in [0.25, 0.3) is 5.91 Å². The Kier molecular flexibility index (Phi) is 7.57. The van der Waals surface area contributed by atoms with Crippen LogP contribution in [0.1, 0.15) is 18.4 Å². The number of alkyl halides is 3. The molecule has 0 atom stereocenters. The quantitative estimate of drug-likeness (QED) is 0.545. The third kappa shape index (κ3) is 6.77. The van der Waals surface area contributed by atoms with E-state index in [0.29, 0.717) is 31.7 Å². The maximum absolute atomic E-state index is 12.6. The summed E-state index contributed by atoms with van der Waals surface area (Å²) in [7, 11) is 0. The number of nitrogens with zero attached hydrogens (tertiary/aromatic N) is 2. The topological polar surface area (TPSA) is 101 Å². The van der Waals surface area contributed by atoms with E-state index in [1.54, 1.807) is 4.90 Å². The van der Waals surface area contributed by atoms with Crippen molar-refractivity contribution in [3.8, 4) is 0 Å². The zero-order chi connectivity index (χ0) is 21.4. The Morgan fingerprint density at radius 3 is 2.52 bits per heavy atom. The van der Waals surface area contributed by atoms with Crippen molar-refractivity contribution < 1.29 is 32.3 Å². The third-order valence-electron chi connectivity index (χ3n) is 4.23. The first-order valence-corrected chi connectivity index (χ1v) is 8.84. The first kappa shape index (κ1) is 22.2. The lowest BCUT2D eigenvalue weighted by molar-refractivity contribution is -0.153. The van der Waals surface area contributed by atoms with Crippen LogP contribution in [0.3, 0.4) is 0 Å². The number of nitrogens with one attached hydrogen (secondary N) is 2. The van der Waals surface area contributed by atoms with E-state index in [-0.39, 0.29) is 6.54 Å². The fraction of sp³-hybridized carbons (Fsp3) is 0.444. The van der Waals surface area contributed by atoms with Crippen molar-refractivity contribution in [3.05, 3.63) is 36.5 Å². The molecule has 29 heavy (non-hydrogen) atoms. The Morgan fingerprint density at radius 2 is 1.97 bits per heavy atom. The van der Waals surface area contributed by atoms with E-state index in [1.807, 2.05) is 5.32 Å². The van der Waals surface area contributed by atoms with Crippen LogP contribution < -0.4 is 15.5 Å². The molecular weight excluding hydrogens is 393 g/mol. The maximum atomic E-state index is 12.6. The Balaban J connectivity index is 1.75. The fourth-order valence-electron chi connectivity index (χ4n) is 2.71. The largest absolute Gasteiger partial charge is 0.455 e. The molecule has 1 fully saturated rings. The highest BCUT2D eigenvalue weighted by molar-refractivity contribution is 5.95. The van der Waals surface area contributed by atoms with Gasteiger partial charge in [0.05, 0.1) is 11.5 Å². The lowest BCUT2D eigenvalue weighted by Crippen LogP contribution is -2.42. The molecule has 3 amide bonds. The average molecular weight is 414 g/mol. The summed E-state index contributed by atoms with van der Waals surface area (Å²) in [6, 6.07) is 1.54. The number of carbonyl (C=O) groups is 3. The molecule has 158 valence electrons. The number of ether oxygens (including phenoxy) is 1. The van der Waals surface area contributed by atoms with Gasteiger partial charge in [-0.05, 0) is 25.0 Å². The minimum absolute atomic E-state index is 0.186. The second-order valence-corrected chi connectivity index (χ2v) is 6.32. The molecule has 1 aliphatic rings. The van der Waals surface area contributed by atoms with Gasteiger partial charge in [-0.2, -0.15) is 13.2 Å². The van der Waals surface area contributed by atoms with E-state index < -0.39 is 42.2 Å². The van der Waals surface area contributed by atoms with Crippen molar-refractivity contribution in [3.63, 3.8) is 0 Å². The molecule has 0 saturated carbocycles. The highest BCUT2D eigenvalue weighted by Gasteiger charge is 2.31. The molecule has 0 aromatic carbocycles. The Bertz CT molecular complexity index is 744. The Hall–Kier alpha value is -3.11. The molecule has 1 aromatic heterocycles. The zero-order valence-electron chi connectivity index (χ0n) is 15.5. The normalized spacial score (nSPS) is 14.8. The second-order valence-electron chi connectivity index (χ2n) is 6.32.